The number of rotatable bonds is 4. The number of aryl methyl sites for hydroxylation is 1. The van der Waals surface area contributed by atoms with Gasteiger partial charge in [-0.2, -0.15) is 0 Å². The van der Waals surface area contributed by atoms with Crippen molar-refractivity contribution in [3.63, 3.8) is 0 Å². The molecule has 1 N–H and O–H groups in total. The quantitative estimate of drug-likeness (QED) is 0.849. The van der Waals surface area contributed by atoms with E-state index < -0.39 is 0 Å². The van der Waals surface area contributed by atoms with E-state index >= 15 is 0 Å². The molecule has 0 bridgehead atoms. The number of likely N-dealkylation sites (tertiary alicyclic amines) is 1. The van der Waals surface area contributed by atoms with Crippen LogP contribution in [0.2, 0.25) is 0 Å². The Balaban J connectivity index is 1.33. The van der Waals surface area contributed by atoms with Crippen LogP contribution < -0.4 is 10.2 Å². The fourth-order valence-electron chi connectivity index (χ4n) is 4.32. The Morgan fingerprint density at radius 1 is 1.17 bits per heavy atom. The van der Waals surface area contributed by atoms with Gasteiger partial charge in [-0.15, -0.1) is 0 Å². The van der Waals surface area contributed by atoms with Crippen LogP contribution in [-0.2, 0) is 6.54 Å². The molecule has 3 aliphatic heterocycles. The highest BCUT2D eigenvalue weighted by atomic mass is 16.2. The number of aromatic nitrogens is 2. The van der Waals surface area contributed by atoms with E-state index in [-0.39, 0.29) is 11.9 Å². The fraction of sp³-hybridized carbons (Fsp3) is 0.364. The molecular formula is C22H25N7O. The van der Waals surface area contributed by atoms with Gasteiger partial charge in [-0.3, -0.25) is 25.1 Å². The summed E-state index contributed by atoms with van der Waals surface area (Å²) in [6.07, 6.45) is 7.17. The van der Waals surface area contributed by atoms with E-state index in [0.717, 1.165) is 36.9 Å². The highest BCUT2D eigenvalue weighted by Gasteiger charge is 2.39. The molecule has 8 nitrogen and oxygen atoms in total. The van der Waals surface area contributed by atoms with Crippen LogP contribution in [0.15, 0.2) is 59.9 Å². The molecule has 3 aliphatic rings. The Morgan fingerprint density at radius 2 is 2.00 bits per heavy atom. The SMILES string of the molecule is Cc1ccc(N2C=C3N=C(C4CN(Cc5cnccn5)CC4C)NC(=O)N3C2)cc1. The average Bonchev–Trinajstić information content (AvgIpc) is 3.33. The maximum atomic E-state index is 12.8. The van der Waals surface area contributed by atoms with E-state index in [4.69, 9.17) is 4.99 Å². The lowest BCUT2D eigenvalue weighted by atomic mass is 9.96. The standard InChI is InChI=1S/C22H25N7O/c1-15-3-5-18(6-4-15)28-13-20-25-21(26-22(30)29(20)14-28)19-12-27(10-16(19)2)11-17-9-23-7-8-24-17/h3-9,13,16,19H,10-12,14H2,1-2H3,(H,25,26,30). The number of nitrogens with one attached hydrogen (secondary N) is 1. The molecule has 8 heteroatoms. The molecular weight excluding hydrogens is 378 g/mol. The number of amidine groups is 1. The zero-order valence-electron chi connectivity index (χ0n) is 17.2. The smallest absolute Gasteiger partial charge is 0.326 e. The molecule has 1 aromatic heterocycles. The third-order valence-electron chi connectivity index (χ3n) is 5.96. The molecule has 4 heterocycles. The molecule has 2 amide bonds. The predicted molar refractivity (Wildman–Crippen MR) is 114 cm³/mol. The highest BCUT2D eigenvalue weighted by molar-refractivity contribution is 6.02. The third kappa shape index (κ3) is 3.54. The zero-order valence-corrected chi connectivity index (χ0v) is 17.2. The van der Waals surface area contributed by atoms with Gasteiger partial charge in [-0.05, 0) is 25.0 Å². The van der Waals surface area contributed by atoms with E-state index in [0.29, 0.717) is 18.4 Å². The van der Waals surface area contributed by atoms with Crippen LogP contribution in [0.25, 0.3) is 0 Å². The van der Waals surface area contributed by atoms with Crippen molar-refractivity contribution in [3.8, 4) is 0 Å². The number of fused-ring (bicyclic) bond motifs is 1. The van der Waals surface area contributed by atoms with Gasteiger partial charge in [0, 0.05) is 56.0 Å². The van der Waals surface area contributed by atoms with Crippen molar-refractivity contribution in [3.05, 3.63) is 66.1 Å². The van der Waals surface area contributed by atoms with Crippen molar-refractivity contribution >= 4 is 17.6 Å². The zero-order chi connectivity index (χ0) is 20.7. The molecule has 2 unspecified atom stereocenters. The monoisotopic (exact) mass is 403 g/mol. The lowest BCUT2D eigenvalue weighted by molar-refractivity contribution is 0.216. The van der Waals surface area contributed by atoms with Gasteiger partial charge in [0.25, 0.3) is 0 Å². The first-order valence-corrected chi connectivity index (χ1v) is 10.3. The van der Waals surface area contributed by atoms with Crippen LogP contribution in [0.1, 0.15) is 18.2 Å². The maximum Gasteiger partial charge on any atom is 0.329 e. The van der Waals surface area contributed by atoms with E-state index in [1.807, 2.05) is 6.20 Å². The van der Waals surface area contributed by atoms with Crippen LogP contribution in [0, 0.1) is 18.8 Å². The second kappa shape index (κ2) is 7.53. The molecule has 0 aliphatic carbocycles. The number of carbonyl (C=O) groups excluding carboxylic acids is 1. The predicted octanol–water partition coefficient (Wildman–Crippen LogP) is 2.55. The summed E-state index contributed by atoms with van der Waals surface area (Å²) >= 11 is 0. The van der Waals surface area contributed by atoms with Gasteiger partial charge < -0.3 is 4.90 Å². The van der Waals surface area contributed by atoms with Crippen LogP contribution in [0.3, 0.4) is 0 Å². The Morgan fingerprint density at radius 3 is 2.77 bits per heavy atom. The second-order valence-electron chi connectivity index (χ2n) is 8.26. The van der Waals surface area contributed by atoms with Gasteiger partial charge in [0.1, 0.15) is 12.5 Å². The van der Waals surface area contributed by atoms with Crippen LogP contribution in [0.5, 0.6) is 0 Å². The van der Waals surface area contributed by atoms with Crippen molar-refractivity contribution in [1.82, 2.24) is 25.1 Å². The number of benzene rings is 1. The molecule has 1 aromatic carbocycles. The van der Waals surface area contributed by atoms with Gasteiger partial charge in [0.2, 0.25) is 0 Å². The van der Waals surface area contributed by atoms with Crippen molar-refractivity contribution in [2.75, 3.05) is 24.7 Å². The molecule has 0 spiro atoms. The van der Waals surface area contributed by atoms with Crippen LogP contribution >= 0.6 is 0 Å². The van der Waals surface area contributed by atoms with E-state index in [1.165, 1.54) is 5.56 Å². The molecule has 0 saturated carbocycles. The Kier molecular flexibility index (Phi) is 4.71. The number of hydrogen-bond donors (Lipinski definition) is 1. The minimum Gasteiger partial charge on any atom is -0.326 e. The van der Waals surface area contributed by atoms with Crippen molar-refractivity contribution < 1.29 is 4.79 Å². The van der Waals surface area contributed by atoms with Gasteiger partial charge in [-0.1, -0.05) is 24.6 Å². The first kappa shape index (κ1) is 18.7. The minimum atomic E-state index is -0.111. The molecule has 0 radical (unpaired) electrons. The molecule has 1 saturated heterocycles. The minimum absolute atomic E-state index is 0.111. The molecule has 1 fully saturated rings. The van der Waals surface area contributed by atoms with E-state index in [2.05, 4.69) is 63.2 Å². The molecule has 5 rings (SSSR count). The van der Waals surface area contributed by atoms with E-state index in [9.17, 15) is 4.79 Å². The van der Waals surface area contributed by atoms with Crippen molar-refractivity contribution in [1.29, 1.82) is 0 Å². The summed E-state index contributed by atoms with van der Waals surface area (Å²) in [5, 5.41) is 3.04. The Bertz CT molecular complexity index is 1000. The second-order valence-corrected chi connectivity index (χ2v) is 8.26. The summed E-state index contributed by atoms with van der Waals surface area (Å²) in [7, 11) is 0. The number of anilines is 1. The summed E-state index contributed by atoms with van der Waals surface area (Å²) in [6.45, 7) is 7.28. The van der Waals surface area contributed by atoms with Gasteiger partial charge in [0.15, 0.2) is 5.82 Å². The fourth-order valence-corrected chi connectivity index (χ4v) is 4.32. The largest absolute Gasteiger partial charge is 0.329 e. The summed E-state index contributed by atoms with van der Waals surface area (Å²) in [4.78, 5) is 32.2. The highest BCUT2D eigenvalue weighted by Crippen LogP contribution is 2.30. The number of aliphatic imine (C=N–C) groups is 1. The average molecular weight is 403 g/mol. The molecule has 2 aromatic rings. The van der Waals surface area contributed by atoms with Gasteiger partial charge in [-0.25, -0.2) is 9.79 Å². The normalized spacial score (nSPS) is 23.9. The number of amides is 2. The van der Waals surface area contributed by atoms with Crippen molar-refractivity contribution in [2.45, 2.75) is 20.4 Å². The number of hydrogen-bond acceptors (Lipinski definition) is 6. The van der Waals surface area contributed by atoms with Gasteiger partial charge >= 0.3 is 6.03 Å². The topological polar surface area (TPSA) is 77.0 Å². The number of nitrogens with zero attached hydrogens (tertiary/aromatic N) is 6. The molecule has 154 valence electrons. The summed E-state index contributed by atoms with van der Waals surface area (Å²) < 4.78 is 0. The first-order valence-electron chi connectivity index (χ1n) is 10.3. The van der Waals surface area contributed by atoms with Crippen molar-refractivity contribution in [2.24, 2.45) is 16.8 Å². The molecule has 2 atom stereocenters. The maximum absolute atomic E-state index is 12.8. The summed E-state index contributed by atoms with van der Waals surface area (Å²) in [5.41, 5.74) is 3.22. The number of carbonyl (C=O) groups is 1. The van der Waals surface area contributed by atoms with Gasteiger partial charge in [0.05, 0.1) is 5.69 Å². The molecule has 30 heavy (non-hydrogen) atoms. The third-order valence-corrected chi connectivity index (χ3v) is 5.96. The first-order chi connectivity index (χ1) is 14.6. The Hall–Kier alpha value is -3.26. The lowest BCUT2D eigenvalue weighted by Gasteiger charge is -2.28. The van der Waals surface area contributed by atoms with E-state index in [1.54, 1.807) is 23.5 Å². The van der Waals surface area contributed by atoms with Crippen LogP contribution in [-0.4, -0.2) is 51.4 Å². The Labute approximate surface area is 175 Å². The van der Waals surface area contributed by atoms with Crippen LogP contribution in [0.4, 0.5) is 10.5 Å². The lowest BCUT2D eigenvalue weighted by Crippen LogP contribution is -2.49. The summed E-state index contributed by atoms with van der Waals surface area (Å²) in [5.74, 6) is 2.04. The number of urea groups is 1. The summed E-state index contributed by atoms with van der Waals surface area (Å²) in [6, 6.07) is 8.17.